The maximum atomic E-state index is 13.7. The van der Waals surface area contributed by atoms with E-state index in [-0.39, 0.29) is 24.3 Å². The molecular formula is C29H34N2O2. The lowest BCUT2D eigenvalue weighted by Crippen LogP contribution is -2.52. The van der Waals surface area contributed by atoms with Crippen LogP contribution in [0.5, 0.6) is 0 Å². The fraction of sp³-hybridized carbons (Fsp3) is 0.310. The fourth-order valence-electron chi connectivity index (χ4n) is 3.85. The molecule has 0 aromatic heterocycles. The molecule has 2 atom stereocenters. The first-order valence-electron chi connectivity index (χ1n) is 11.7. The van der Waals surface area contributed by atoms with Gasteiger partial charge in [-0.3, -0.25) is 9.59 Å². The van der Waals surface area contributed by atoms with Crippen LogP contribution in [0.1, 0.15) is 42.5 Å². The van der Waals surface area contributed by atoms with Crippen LogP contribution in [-0.2, 0) is 29.0 Å². The summed E-state index contributed by atoms with van der Waals surface area (Å²) in [5, 5.41) is 3.11. The maximum Gasteiger partial charge on any atom is 0.243 e. The zero-order chi connectivity index (χ0) is 23.6. The molecule has 4 nitrogen and oxygen atoms in total. The van der Waals surface area contributed by atoms with Crippen molar-refractivity contribution >= 4 is 11.8 Å². The Morgan fingerprint density at radius 3 is 2.03 bits per heavy atom. The topological polar surface area (TPSA) is 49.4 Å². The molecule has 4 heteroatoms. The van der Waals surface area contributed by atoms with Gasteiger partial charge in [0.25, 0.3) is 0 Å². The first-order chi connectivity index (χ1) is 16.0. The molecule has 3 aromatic carbocycles. The predicted octanol–water partition coefficient (Wildman–Crippen LogP) is 5.09. The third-order valence-electron chi connectivity index (χ3n) is 6.07. The minimum absolute atomic E-state index is 0.0424. The summed E-state index contributed by atoms with van der Waals surface area (Å²) in [5.74, 6) is -0.157. The summed E-state index contributed by atoms with van der Waals surface area (Å²) in [4.78, 5) is 28.9. The van der Waals surface area contributed by atoms with E-state index < -0.39 is 6.04 Å². The van der Waals surface area contributed by atoms with Gasteiger partial charge in [-0.25, -0.2) is 0 Å². The molecule has 0 aliphatic carbocycles. The van der Waals surface area contributed by atoms with Gasteiger partial charge >= 0.3 is 0 Å². The second-order valence-electron chi connectivity index (χ2n) is 8.63. The second kappa shape index (κ2) is 12.0. The molecule has 0 unspecified atom stereocenters. The van der Waals surface area contributed by atoms with Crippen LogP contribution in [0, 0.1) is 6.92 Å². The number of nitrogens with zero attached hydrogens (tertiary/aromatic N) is 1. The van der Waals surface area contributed by atoms with Crippen LogP contribution in [0.4, 0.5) is 0 Å². The summed E-state index contributed by atoms with van der Waals surface area (Å²) in [6.45, 7) is 6.44. The van der Waals surface area contributed by atoms with Gasteiger partial charge in [0.15, 0.2) is 0 Å². The summed E-state index contributed by atoms with van der Waals surface area (Å²) in [6, 6.07) is 27.2. The highest BCUT2D eigenvalue weighted by atomic mass is 16.2. The molecule has 0 bridgehead atoms. The largest absolute Gasteiger partial charge is 0.352 e. The van der Waals surface area contributed by atoms with E-state index in [1.54, 1.807) is 4.90 Å². The van der Waals surface area contributed by atoms with Crippen LogP contribution in [0.15, 0.2) is 84.9 Å². The monoisotopic (exact) mass is 442 g/mol. The van der Waals surface area contributed by atoms with Gasteiger partial charge in [0, 0.05) is 19.0 Å². The smallest absolute Gasteiger partial charge is 0.243 e. The number of hydrogen-bond acceptors (Lipinski definition) is 2. The van der Waals surface area contributed by atoms with Crippen molar-refractivity contribution in [3.63, 3.8) is 0 Å². The molecule has 0 spiro atoms. The molecule has 0 saturated heterocycles. The number of carbonyl (C=O) groups is 2. The summed E-state index contributed by atoms with van der Waals surface area (Å²) >= 11 is 0. The lowest BCUT2D eigenvalue weighted by molar-refractivity contribution is -0.141. The summed E-state index contributed by atoms with van der Waals surface area (Å²) < 4.78 is 0. The van der Waals surface area contributed by atoms with Gasteiger partial charge in [-0.1, -0.05) is 91.9 Å². The van der Waals surface area contributed by atoms with E-state index in [0.29, 0.717) is 13.0 Å². The predicted molar refractivity (Wildman–Crippen MR) is 134 cm³/mol. The van der Waals surface area contributed by atoms with Crippen molar-refractivity contribution in [1.82, 2.24) is 10.2 Å². The Morgan fingerprint density at radius 1 is 0.848 bits per heavy atom. The fourth-order valence-corrected chi connectivity index (χ4v) is 3.85. The van der Waals surface area contributed by atoms with E-state index in [1.165, 1.54) is 0 Å². The van der Waals surface area contributed by atoms with Crippen LogP contribution in [0.3, 0.4) is 0 Å². The highest BCUT2D eigenvalue weighted by Crippen LogP contribution is 2.18. The molecule has 172 valence electrons. The maximum absolute atomic E-state index is 13.7. The number of aryl methyl sites for hydroxylation is 1. The summed E-state index contributed by atoms with van der Waals surface area (Å²) in [6.07, 6.45) is 1.57. The molecular weight excluding hydrogens is 408 g/mol. The van der Waals surface area contributed by atoms with Crippen molar-refractivity contribution in [2.24, 2.45) is 0 Å². The lowest BCUT2D eigenvalue weighted by atomic mass is 10.00. The molecule has 0 radical (unpaired) electrons. The zero-order valence-electron chi connectivity index (χ0n) is 19.8. The van der Waals surface area contributed by atoms with Gasteiger partial charge in [-0.2, -0.15) is 0 Å². The Hall–Kier alpha value is -3.40. The van der Waals surface area contributed by atoms with Crippen molar-refractivity contribution < 1.29 is 9.59 Å². The number of nitrogens with one attached hydrogen (secondary N) is 1. The van der Waals surface area contributed by atoms with E-state index in [0.717, 1.165) is 28.7 Å². The van der Waals surface area contributed by atoms with Crippen molar-refractivity contribution in [2.45, 2.75) is 58.7 Å². The van der Waals surface area contributed by atoms with Gasteiger partial charge in [0.1, 0.15) is 6.04 Å². The van der Waals surface area contributed by atoms with Gasteiger partial charge in [-0.15, -0.1) is 0 Å². The van der Waals surface area contributed by atoms with Crippen molar-refractivity contribution in [2.75, 3.05) is 0 Å². The molecule has 3 rings (SSSR count). The Bertz CT molecular complexity index is 1030. The summed E-state index contributed by atoms with van der Waals surface area (Å²) in [7, 11) is 0. The van der Waals surface area contributed by atoms with E-state index in [4.69, 9.17) is 0 Å². The van der Waals surface area contributed by atoms with Crippen molar-refractivity contribution in [1.29, 1.82) is 0 Å². The van der Waals surface area contributed by atoms with Crippen LogP contribution >= 0.6 is 0 Å². The molecule has 0 fully saturated rings. The number of benzene rings is 3. The number of hydrogen-bond donors (Lipinski definition) is 1. The quantitative estimate of drug-likeness (QED) is 0.475. The molecule has 2 amide bonds. The number of rotatable bonds is 10. The third-order valence-corrected chi connectivity index (χ3v) is 6.07. The van der Waals surface area contributed by atoms with Crippen LogP contribution < -0.4 is 5.32 Å². The van der Waals surface area contributed by atoms with Gasteiger partial charge in [0.05, 0.1) is 6.42 Å². The Kier molecular flexibility index (Phi) is 8.82. The third kappa shape index (κ3) is 7.04. The molecule has 33 heavy (non-hydrogen) atoms. The average molecular weight is 443 g/mol. The molecule has 3 aromatic rings. The minimum Gasteiger partial charge on any atom is -0.352 e. The molecule has 0 aliphatic heterocycles. The molecule has 0 aliphatic rings. The van der Waals surface area contributed by atoms with E-state index in [9.17, 15) is 9.59 Å². The average Bonchev–Trinajstić information content (AvgIpc) is 2.83. The van der Waals surface area contributed by atoms with Crippen LogP contribution in [0.2, 0.25) is 0 Å². The van der Waals surface area contributed by atoms with Crippen molar-refractivity contribution in [3.05, 3.63) is 107 Å². The van der Waals surface area contributed by atoms with E-state index in [1.807, 2.05) is 106 Å². The molecule has 1 N–H and O–H groups in total. The van der Waals surface area contributed by atoms with Crippen LogP contribution in [-0.4, -0.2) is 28.8 Å². The normalized spacial score (nSPS) is 12.6. The first kappa shape index (κ1) is 24.2. The van der Waals surface area contributed by atoms with Gasteiger partial charge in [-0.05, 0) is 42.5 Å². The van der Waals surface area contributed by atoms with Gasteiger partial charge in [0.2, 0.25) is 11.8 Å². The van der Waals surface area contributed by atoms with E-state index >= 15 is 0 Å². The number of amides is 2. The first-order valence-corrected chi connectivity index (χ1v) is 11.7. The van der Waals surface area contributed by atoms with Gasteiger partial charge < -0.3 is 10.2 Å². The Labute approximate surface area is 197 Å². The highest BCUT2D eigenvalue weighted by molar-refractivity contribution is 5.89. The van der Waals surface area contributed by atoms with Crippen molar-refractivity contribution in [3.8, 4) is 0 Å². The minimum atomic E-state index is -0.599. The molecule has 0 heterocycles. The second-order valence-corrected chi connectivity index (χ2v) is 8.63. The lowest BCUT2D eigenvalue weighted by Gasteiger charge is -2.32. The highest BCUT2D eigenvalue weighted by Gasteiger charge is 2.31. The SMILES string of the molecule is CC[C@H](C)NC(=O)[C@@H](Cc1ccccc1)N(Cc1ccccc1)C(=O)Cc1ccccc1C. The Morgan fingerprint density at radius 2 is 1.42 bits per heavy atom. The zero-order valence-corrected chi connectivity index (χ0v) is 19.8. The number of carbonyl (C=O) groups excluding carboxylic acids is 2. The molecule has 0 saturated carbocycles. The Balaban J connectivity index is 1.96. The van der Waals surface area contributed by atoms with E-state index in [2.05, 4.69) is 5.32 Å². The standard InChI is InChI=1S/C29H34N2O2/c1-4-23(3)30-29(33)27(19-24-14-7-5-8-15-24)31(21-25-16-9-6-10-17-25)28(32)20-26-18-12-11-13-22(26)2/h5-18,23,27H,4,19-21H2,1-3H3,(H,30,33)/t23-,27+/m0/s1. The van der Waals surface area contributed by atoms with Crippen LogP contribution in [0.25, 0.3) is 0 Å². The summed E-state index contributed by atoms with van der Waals surface area (Å²) in [5.41, 5.74) is 4.10.